The minimum atomic E-state index is -0.0879. The normalized spacial score (nSPS) is 22.0. The van der Waals surface area contributed by atoms with Crippen molar-refractivity contribution in [3.8, 4) is 0 Å². The molecule has 0 radical (unpaired) electrons. The first-order valence-corrected chi connectivity index (χ1v) is 11.5. The topological polar surface area (TPSA) is 43.9 Å². The van der Waals surface area contributed by atoms with E-state index in [0.717, 1.165) is 35.8 Å². The molecule has 2 saturated heterocycles. The maximum atomic E-state index is 12.7. The van der Waals surface area contributed by atoms with Gasteiger partial charge in [0, 0.05) is 26.7 Å². The van der Waals surface area contributed by atoms with E-state index < -0.39 is 0 Å². The minimum absolute atomic E-state index is 0.0680. The van der Waals surface area contributed by atoms with Crippen molar-refractivity contribution < 1.29 is 9.59 Å². The Kier molecular flexibility index (Phi) is 7.34. The predicted octanol–water partition coefficient (Wildman–Crippen LogP) is 3.55. The van der Waals surface area contributed by atoms with Crippen LogP contribution >= 0.6 is 27.3 Å². The van der Waals surface area contributed by atoms with E-state index in [1.165, 1.54) is 48.6 Å². The predicted molar refractivity (Wildman–Crippen MR) is 113 cm³/mol. The molecule has 0 spiro atoms. The smallest absolute Gasteiger partial charge is 0.264 e. The molecule has 2 amide bonds. The Morgan fingerprint density at radius 2 is 1.96 bits per heavy atom. The monoisotopic (exact) mass is 455 g/mol. The lowest BCUT2D eigenvalue weighted by atomic mass is 9.94. The van der Waals surface area contributed by atoms with Crippen molar-refractivity contribution in [2.75, 3.05) is 46.3 Å². The van der Waals surface area contributed by atoms with Gasteiger partial charge in [-0.1, -0.05) is 6.92 Å². The second-order valence-electron chi connectivity index (χ2n) is 8.10. The first-order valence-electron chi connectivity index (χ1n) is 9.93. The summed E-state index contributed by atoms with van der Waals surface area (Å²) >= 11 is 4.78. The molecule has 27 heavy (non-hydrogen) atoms. The number of thiophene rings is 1. The molecule has 2 fully saturated rings. The Morgan fingerprint density at radius 3 is 2.63 bits per heavy atom. The Balaban J connectivity index is 1.48. The summed E-state index contributed by atoms with van der Waals surface area (Å²) in [6.45, 7) is 7.64. The number of likely N-dealkylation sites (tertiary alicyclic amines) is 2. The molecule has 1 aromatic rings. The highest BCUT2D eigenvalue weighted by Gasteiger charge is 2.27. The van der Waals surface area contributed by atoms with Crippen LogP contribution in [-0.4, -0.2) is 72.8 Å². The van der Waals surface area contributed by atoms with E-state index in [-0.39, 0.29) is 18.4 Å². The van der Waals surface area contributed by atoms with Crippen LogP contribution in [0, 0.1) is 11.8 Å². The molecule has 3 rings (SSSR count). The summed E-state index contributed by atoms with van der Waals surface area (Å²) in [5.41, 5.74) is 0. The molecule has 0 N–H and O–H groups in total. The third-order valence-corrected chi connectivity index (χ3v) is 7.38. The van der Waals surface area contributed by atoms with Crippen molar-refractivity contribution in [1.29, 1.82) is 0 Å². The molecule has 150 valence electrons. The van der Waals surface area contributed by atoms with Crippen LogP contribution in [0.25, 0.3) is 0 Å². The third-order valence-electron chi connectivity index (χ3n) is 5.77. The summed E-state index contributed by atoms with van der Waals surface area (Å²) in [7, 11) is 1.71. The largest absolute Gasteiger partial charge is 0.341 e. The van der Waals surface area contributed by atoms with Gasteiger partial charge >= 0.3 is 0 Å². The summed E-state index contributed by atoms with van der Waals surface area (Å²) in [5, 5.41) is 0. The number of halogens is 1. The van der Waals surface area contributed by atoms with Gasteiger partial charge in [-0.15, -0.1) is 11.3 Å². The van der Waals surface area contributed by atoms with Gasteiger partial charge in [0.15, 0.2) is 0 Å². The van der Waals surface area contributed by atoms with Crippen molar-refractivity contribution >= 4 is 39.1 Å². The van der Waals surface area contributed by atoms with Gasteiger partial charge in [-0.3, -0.25) is 9.59 Å². The summed E-state index contributed by atoms with van der Waals surface area (Å²) in [6.07, 6.45) is 4.85. The average molecular weight is 456 g/mol. The molecule has 2 aliphatic heterocycles. The molecule has 7 heteroatoms. The van der Waals surface area contributed by atoms with E-state index in [2.05, 4.69) is 27.8 Å². The molecule has 0 aromatic carbocycles. The number of amides is 2. The lowest BCUT2D eigenvalue weighted by molar-refractivity contribution is -0.133. The zero-order valence-corrected chi connectivity index (χ0v) is 18.7. The maximum absolute atomic E-state index is 12.7. The standard InChI is InChI=1S/C20H30BrN3O2S/c1-15-7-10-23(11-8-15)12-16-4-3-9-24(13-16)19(25)14-22(2)20(26)17-5-6-18(21)27-17/h5-6,15-16H,3-4,7-14H2,1-2H3. The zero-order chi connectivity index (χ0) is 19.4. The molecule has 1 unspecified atom stereocenters. The van der Waals surface area contributed by atoms with Crippen molar-refractivity contribution in [3.63, 3.8) is 0 Å². The SMILES string of the molecule is CC1CCN(CC2CCCN(C(=O)CN(C)C(=O)c3ccc(Br)s3)C2)CC1. The fourth-order valence-electron chi connectivity index (χ4n) is 4.04. The zero-order valence-electron chi connectivity index (χ0n) is 16.3. The number of carbonyl (C=O) groups excluding carboxylic acids is 2. The second kappa shape index (κ2) is 9.52. The van der Waals surface area contributed by atoms with E-state index in [1.54, 1.807) is 13.1 Å². The summed E-state index contributed by atoms with van der Waals surface area (Å²) in [5.74, 6) is 1.39. The number of carbonyl (C=O) groups is 2. The molecule has 3 heterocycles. The van der Waals surface area contributed by atoms with Crippen LogP contribution in [0.5, 0.6) is 0 Å². The van der Waals surface area contributed by atoms with Crippen molar-refractivity contribution in [2.45, 2.75) is 32.6 Å². The van der Waals surface area contributed by atoms with Gasteiger partial charge in [-0.25, -0.2) is 0 Å². The summed E-state index contributed by atoms with van der Waals surface area (Å²) in [4.78, 5) is 31.9. The second-order valence-corrected chi connectivity index (χ2v) is 10.6. The molecule has 5 nitrogen and oxygen atoms in total. The molecule has 1 atom stereocenters. The van der Waals surface area contributed by atoms with Gasteiger partial charge in [0.1, 0.15) is 0 Å². The van der Waals surface area contributed by atoms with Gasteiger partial charge in [-0.2, -0.15) is 0 Å². The van der Waals surface area contributed by atoms with E-state index in [0.29, 0.717) is 10.8 Å². The molecule has 1 aromatic heterocycles. The van der Waals surface area contributed by atoms with Crippen LogP contribution in [0.4, 0.5) is 0 Å². The Morgan fingerprint density at radius 1 is 1.22 bits per heavy atom. The van der Waals surface area contributed by atoms with Gasteiger partial charge in [0.2, 0.25) is 5.91 Å². The fraction of sp³-hybridized carbons (Fsp3) is 0.700. The van der Waals surface area contributed by atoms with E-state index in [1.807, 2.05) is 11.0 Å². The summed E-state index contributed by atoms with van der Waals surface area (Å²) in [6, 6.07) is 3.67. The maximum Gasteiger partial charge on any atom is 0.264 e. The molecular formula is C20H30BrN3O2S. The quantitative estimate of drug-likeness (QED) is 0.681. The van der Waals surface area contributed by atoms with Crippen LogP contribution in [0.3, 0.4) is 0 Å². The first-order chi connectivity index (χ1) is 12.9. The molecule has 2 aliphatic rings. The van der Waals surface area contributed by atoms with Gasteiger partial charge in [0.05, 0.1) is 15.2 Å². The average Bonchev–Trinajstić information content (AvgIpc) is 3.09. The number of likely N-dealkylation sites (N-methyl/N-ethyl adjacent to an activating group) is 1. The lowest BCUT2D eigenvalue weighted by Crippen LogP contribution is -2.48. The Bertz CT molecular complexity index is 657. The molecular weight excluding hydrogens is 426 g/mol. The summed E-state index contributed by atoms with van der Waals surface area (Å²) < 4.78 is 0.927. The van der Waals surface area contributed by atoms with E-state index >= 15 is 0 Å². The highest BCUT2D eigenvalue weighted by atomic mass is 79.9. The van der Waals surface area contributed by atoms with Crippen molar-refractivity contribution in [1.82, 2.24) is 14.7 Å². The van der Waals surface area contributed by atoms with Crippen molar-refractivity contribution in [2.24, 2.45) is 11.8 Å². The van der Waals surface area contributed by atoms with Gasteiger partial charge < -0.3 is 14.7 Å². The molecule has 0 bridgehead atoms. The van der Waals surface area contributed by atoms with Gasteiger partial charge in [0.25, 0.3) is 5.91 Å². The Labute approximate surface area is 174 Å². The van der Waals surface area contributed by atoms with E-state index in [4.69, 9.17) is 0 Å². The van der Waals surface area contributed by atoms with Crippen LogP contribution in [0.1, 0.15) is 42.3 Å². The van der Waals surface area contributed by atoms with Crippen LogP contribution in [-0.2, 0) is 4.79 Å². The molecule has 0 aliphatic carbocycles. The fourth-order valence-corrected chi connectivity index (χ4v) is 5.42. The van der Waals surface area contributed by atoms with Gasteiger partial charge in [-0.05, 0) is 78.7 Å². The van der Waals surface area contributed by atoms with Crippen LogP contribution < -0.4 is 0 Å². The first kappa shape index (κ1) is 20.8. The number of hydrogen-bond donors (Lipinski definition) is 0. The van der Waals surface area contributed by atoms with Crippen LogP contribution in [0.2, 0.25) is 0 Å². The number of hydrogen-bond acceptors (Lipinski definition) is 4. The van der Waals surface area contributed by atoms with Crippen molar-refractivity contribution in [3.05, 3.63) is 20.8 Å². The lowest BCUT2D eigenvalue weighted by Gasteiger charge is -2.38. The van der Waals surface area contributed by atoms with E-state index in [9.17, 15) is 9.59 Å². The number of nitrogens with zero attached hydrogens (tertiary/aromatic N) is 3. The molecule has 0 saturated carbocycles. The third kappa shape index (κ3) is 5.78. The Hall–Kier alpha value is -0.920. The minimum Gasteiger partial charge on any atom is -0.341 e. The highest BCUT2D eigenvalue weighted by molar-refractivity contribution is 9.11. The van der Waals surface area contributed by atoms with Crippen LogP contribution in [0.15, 0.2) is 15.9 Å². The highest BCUT2D eigenvalue weighted by Crippen LogP contribution is 2.24. The number of piperidine rings is 2. The number of rotatable bonds is 5.